The van der Waals surface area contributed by atoms with Crippen molar-refractivity contribution in [3.63, 3.8) is 0 Å². The topological polar surface area (TPSA) is 110 Å². The van der Waals surface area contributed by atoms with Crippen LogP contribution in [0.2, 0.25) is 0 Å². The third kappa shape index (κ3) is 9.14. The molecule has 2 aromatic carbocycles. The van der Waals surface area contributed by atoms with Crippen LogP contribution < -0.4 is 9.50 Å². The molecule has 0 bridgehead atoms. The van der Waals surface area contributed by atoms with Crippen LogP contribution in [0.25, 0.3) is 0 Å². The number of carbonyl (C=O) groups is 1. The van der Waals surface area contributed by atoms with Gasteiger partial charge in [-0.15, -0.1) is 11.3 Å². The second-order valence-corrected chi connectivity index (χ2v) is 15.7. The van der Waals surface area contributed by atoms with Crippen LogP contribution in [0.1, 0.15) is 70.8 Å². The van der Waals surface area contributed by atoms with Gasteiger partial charge in [-0.05, 0) is 86.7 Å². The van der Waals surface area contributed by atoms with Crippen molar-refractivity contribution in [3.05, 3.63) is 71.6 Å². The molecule has 1 fully saturated rings. The van der Waals surface area contributed by atoms with Gasteiger partial charge in [0.2, 0.25) is 15.7 Å². The molecule has 2 heterocycles. The van der Waals surface area contributed by atoms with Crippen molar-refractivity contribution in [1.82, 2.24) is 10.2 Å². The largest absolute Gasteiger partial charge is 0.378 e. The molecule has 0 aliphatic carbocycles. The molecule has 0 spiro atoms. The number of unbranched alkanes of at least 4 members (excludes halogenated alkanes) is 1. The van der Waals surface area contributed by atoms with Gasteiger partial charge in [0.1, 0.15) is 10.6 Å². The molecule has 1 amide bonds. The SMILES string of the molecule is CCC(CCCCN1CCCCCC1=O)NC(C)Cc1ccc(OS(=O)(=O)c2sccc2S(=O)(=O)c2ccccc2)cc1. The molecule has 234 valence electrons. The van der Waals surface area contributed by atoms with Gasteiger partial charge in [-0.1, -0.05) is 50.1 Å². The summed E-state index contributed by atoms with van der Waals surface area (Å²) in [4.78, 5) is 14.0. The summed E-state index contributed by atoms with van der Waals surface area (Å²) in [5.74, 6) is 0.424. The molecule has 1 aromatic heterocycles. The number of nitrogens with zero attached hydrogens (tertiary/aromatic N) is 1. The minimum atomic E-state index is -4.37. The monoisotopic (exact) mass is 646 g/mol. The summed E-state index contributed by atoms with van der Waals surface area (Å²) in [6, 6.07) is 16.5. The Morgan fingerprint density at radius 1 is 0.953 bits per heavy atom. The molecule has 4 rings (SSSR count). The fourth-order valence-corrected chi connectivity index (χ4v) is 9.86. The molecule has 2 unspecified atom stereocenters. The van der Waals surface area contributed by atoms with E-state index in [0.29, 0.717) is 18.4 Å². The van der Waals surface area contributed by atoms with Crippen LogP contribution in [0, 0.1) is 0 Å². The quantitative estimate of drug-likeness (QED) is 0.154. The zero-order valence-corrected chi connectivity index (χ0v) is 27.4. The number of thiophene rings is 1. The Morgan fingerprint density at radius 3 is 2.42 bits per heavy atom. The molecule has 1 aliphatic heterocycles. The van der Waals surface area contributed by atoms with E-state index in [9.17, 15) is 21.6 Å². The Labute approximate surface area is 260 Å². The van der Waals surface area contributed by atoms with Crippen molar-refractivity contribution < 1.29 is 25.8 Å². The molecule has 8 nitrogen and oxygen atoms in total. The fourth-order valence-electron chi connectivity index (χ4n) is 5.43. The molecule has 43 heavy (non-hydrogen) atoms. The lowest BCUT2D eigenvalue weighted by molar-refractivity contribution is -0.130. The summed E-state index contributed by atoms with van der Waals surface area (Å²) in [6.45, 7) is 6.07. The highest BCUT2D eigenvalue weighted by Crippen LogP contribution is 2.33. The maximum Gasteiger partial charge on any atom is 0.350 e. The van der Waals surface area contributed by atoms with E-state index < -0.39 is 20.0 Å². The lowest BCUT2D eigenvalue weighted by Crippen LogP contribution is -2.37. The van der Waals surface area contributed by atoms with Crippen LogP contribution in [-0.4, -0.2) is 52.8 Å². The van der Waals surface area contributed by atoms with E-state index in [4.69, 9.17) is 4.18 Å². The van der Waals surface area contributed by atoms with E-state index in [1.807, 2.05) is 17.0 Å². The molecule has 1 saturated heterocycles. The van der Waals surface area contributed by atoms with Crippen LogP contribution in [0.4, 0.5) is 0 Å². The van der Waals surface area contributed by atoms with Gasteiger partial charge < -0.3 is 14.4 Å². The number of hydrogen-bond acceptors (Lipinski definition) is 8. The molecule has 0 radical (unpaired) electrons. The van der Waals surface area contributed by atoms with Gasteiger partial charge in [0, 0.05) is 31.6 Å². The number of hydrogen-bond donors (Lipinski definition) is 1. The van der Waals surface area contributed by atoms with E-state index in [0.717, 1.165) is 81.4 Å². The maximum atomic E-state index is 13.1. The first-order chi connectivity index (χ1) is 20.6. The lowest BCUT2D eigenvalue weighted by Gasteiger charge is -2.24. The zero-order valence-electron chi connectivity index (χ0n) is 24.9. The predicted octanol–water partition coefficient (Wildman–Crippen LogP) is 6.22. The molecule has 2 atom stereocenters. The van der Waals surface area contributed by atoms with Crippen molar-refractivity contribution in [3.8, 4) is 5.75 Å². The Hall–Kier alpha value is -2.73. The molecular weight excluding hydrogens is 605 g/mol. The van der Waals surface area contributed by atoms with Crippen molar-refractivity contribution in [2.75, 3.05) is 13.1 Å². The van der Waals surface area contributed by atoms with Gasteiger partial charge in [0.15, 0.2) is 4.21 Å². The van der Waals surface area contributed by atoms with Crippen molar-refractivity contribution >= 4 is 37.2 Å². The van der Waals surface area contributed by atoms with Gasteiger partial charge in [-0.25, -0.2) is 8.42 Å². The standard InChI is InChI=1S/C32H42N2O6S3/c1-3-27(12-9-11-22-34-21-10-5-8-15-31(34)35)33-25(2)24-26-16-18-28(19-17-26)40-43(38,39)32-30(20-23-41-32)42(36,37)29-13-6-4-7-14-29/h4,6-7,13-14,16-20,23,25,27,33H,3,5,8-12,15,21-22,24H2,1-2H3. The van der Waals surface area contributed by atoms with Gasteiger partial charge in [0.05, 0.1) is 4.90 Å². The molecule has 1 aliphatic rings. The van der Waals surface area contributed by atoms with Crippen LogP contribution in [0.15, 0.2) is 80.0 Å². The minimum absolute atomic E-state index is 0.0200. The molecule has 3 aromatic rings. The van der Waals surface area contributed by atoms with Gasteiger partial charge >= 0.3 is 10.1 Å². The summed E-state index contributed by atoms with van der Waals surface area (Å²) in [7, 11) is -8.39. The summed E-state index contributed by atoms with van der Waals surface area (Å²) < 4.78 is 57.4. The Balaban J connectivity index is 1.28. The lowest BCUT2D eigenvalue weighted by atomic mass is 10.0. The van der Waals surface area contributed by atoms with E-state index >= 15 is 0 Å². The zero-order chi connectivity index (χ0) is 30.9. The normalized spacial score (nSPS) is 16.0. The number of nitrogens with one attached hydrogen (secondary N) is 1. The highest BCUT2D eigenvalue weighted by molar-refractivity contribution is 7.94. The average Bonchev–Trinajstić information content (AvgIpc) is 3.43. The van der Waals surface area contributed by atoms with Crippen LogP contribution in [0.3, 0.4) is 0 Å². The first kappa shape index (κ1) is 33.2. The molecule has 11 heteroatoms. The number of sulfone groups is 1. The van der Waals surface area contributed by atoms with Gasteiger partial charge in [-0.3, -0.25) is 4.79 Å². The molecular formula is C32H42N2O6S3. The summed E-state index contributed by atoms with van der Waals surface area (Å²) in [6.07, 6.45) is 8.88. The smallest absolute Gasteiger partial charge is 0.350 e. The minimum Gasteiger partial charge on any atom is -0.378 e. The highest BCUT2D eigenvalue weighted by atomic mass is 32.3. The average molecular weight is 647 g/mol. The summed E-state index contributed by atoms with van der Waals surface area (Å²) >= 11 is 0.814. The second-order valence-electron chi connectivity index (χ2n) is 11.1. The highest BCUT2D eigenvalue weighted by Gasteiger charge is 2.31. The van der Waals surface area contributed by atoms with E-state index in [2.05, 4.69) is 19.2 Å². The van der Waals surface area contributed by atoms with Gasteiger partial charge in [0.25, 0.3) is 0 Å². The maximum absolute atomic E-state index is 13.1. The first-order valence-electron chi connectivity index (χ1n) is 15.0. The number of carbonyl (C=O) groups excluding carboxylic acids is 1. The number of likely N-dealkylation sites (tertiary alicyclic amines) is 1. The van der Waals surface area contributed by atoms with E-state index in [-0.39, 0.29) is 25.8 Å². The number of rotatable bonds is 15. The summed E-state index contributed by atoms with van der Waals surface area (Å²) in [5, 5.41) is 5.15. The van der Waals surface area contributed by atoms with Crippen molar-refractivity contribution in [2.24, 2.45) is 0 Å². The van der Waals surface area contributed by atoms with Crippen LogP contribution in [0.5, 0.6) is 5.75 Å². The molecule has 1 N–H and O–H groups in total. The Bertz CT molecular complexity index is 1540. The number of benzene rings is 2. The third-order valence-electron chi connectivity index (χ3n) is 7.75. The second kappa shape index (κ2) is 15.3. The van der Waals surface area contributed by atoms with E-state index in [1.165, 1.54) is 23.6 Å². The number of amides is 1. The third-order valence-corrected chi connectivity index (χ3v) is 12.5. The molecule has 0 saturated carbocycles. The Morgan fingerprint density at radius 2 is 1.70 bits per heavy atom. The predicted molar refractivity (Wildman–Crippen MR) is 170 cm³/mol. The Kier molecular flexibility index (Phi) is 11.8. The van der Waals surface area contributed by atoms with Crippen LogP contribution >= 0.6 is 11.3 Å². The van der Waals surface area contributed by atoms with Crippen LogP contribution in [-0.2, 0) is 31.2 Å². The fraction of sp³-hybridized carbons (Fsp3) is 0.469. The van der Waals surface area contributed by atoms with Gasteiger partial charge in [-0.2, -0.15) is 8.42 Å². The van der Waals surface area contributed by atoms with E-state index in [1.54, 1.807) is 30.3 Å². The summed E-state index contributed by atoms with van der Waals surface area (Å²) in [5.41, 5.74) is 1.03. The van der Waals surface area contributed by atoms with Crippen molar-refractivity contribution in [2.45, 2.75) is 97.7 Å². The van der Waals surface area contributed by atoms with Crippen molar-refractivity contribution in [1.29, 1.82) is 0 Å². The first-order valence-corrected chi connectivity index (χ1v) is 18.8.